The topological polar surface area (TPSA) is 50.9 Å². The number of thioether (sulfide) groups is 1. The molecule has 132 valence electrons. The van der Waals surface area contributed by atoms with Gasteiger partial charge in [-0.1, -0.05) is 11.8 Å². The number of hydrogen-bond acceptors (Lipinski definition) is 4. The molecule has 2 aliphatic rings. The van der Waals surface area contributed by atoms with Gasteiger partial charge in [-0.2, -0.15) is 5.10 Å². The largest absolute Gasteiger partial charge is 0.376 e. The summed E-state index contributed by atoms with van der Waals surface area (Å²) >= 11 is 1.72. The minimum absolute atomic E-state index is 0.0839. The van der Waals surface area contributed by atoms with Gasteiger partial charge in [0.1, 0.15) is 0 Å². The van der Waals surface area contributed by atoms with Crippen molar-refractivity contribution in [3.63, 3.8) is 0 Å². The van der Waals surface area contributed by atoms with Crippen LogP contribution in [0.1, 0.15) is 50.6 Å². The average Bonchev–Trinajstić information content (AvgIpc) is 3.10. The van der Waals surface area contributed by atoms with Crippen molar-refractivity contribution in [2.75, 3.05) is 12.4 Å². The van der Waals surface area contributed by atoms with Crippen LogP contribution in [0.15, 0.2) is 16.2 Å². The molecule has 1 aromatic heterocycles. The third-order valence-corrected chi connectivity index (χ3v) is 5.24. The highest BCUT2D eigenvalue weighted by Crippen LogP contribution is 2.23. The first-order valence-corrected chi connectivity index (χ1v) is 9.66. The van der Waals surface area contributed by atoms with Crippen LogP contribution in [0.3, 0.4) is 0 Å². The monoisotopic (exact) mass is 348 g/mol. The number of aromatic nitrogens is 1. The second-order valence-electron chi connectivity index (χ2n) is 7.58. The van der Waals surface area contributed by atoms with Crippen molar-refractivity contribution >= 4 is 22.6 Å². The van der Waals surface area contributed by atoms with Crippen molar-refractivity contribution in [3.8, 4) is 0 Å². The number of aryl methyl sites for hydroxylation is 1. The number of nitrogens with one attached hydrogen (secondary N) is 1. The van der Waals surface area contributed by atoms with Gasteiger partial charge in [0.2, 0.25) is 0 Å². The SMILES string of the molecule is Cc1cc(C2=NNC(=NC(C)(C)C)SC2)c(C)n1CC1CCCO1. The van der Waals surface area contributed by atoms with E-state index in [-0.39, 0.29) is 5.54 Å². The molecule has 0 bridgehead atoms. The van der Waals surface area contributed by atoms with Crippen LogP contribution in [0.4, 0.5) is 0 Å². The number of hydrogen-bond donors (Lipinski definition) is 1. The Morgan fingerprint density at radius 3 is 2.79 bits per heavy atom. The fraction of sp³-hybridized carbons (Fsp3) is 0.667. The molecule has 0 spiro atoms. The molecule has 2 aliphatic heterocycles. The van der Waals surface area contributed by atoms with Crippen molar-refractivity contribution in [1.82, 2.24) is 9.99 Å². The number of aliphatic imine (C=N–C) groups is 1. The van der Waals surface area contributed by atoms with Gasteiger partial charge in [0, 0.05) is 35.9 Å². The fourth-order valence-electron chi connectivity index (χ4n) is 3.18. The molecule has 0 amide bonds. The minimum atomic E-state index is -0.0839. The average molecular weight is 349 g/mol. The van der Waals surface area contributed by atoms with E-state index >= 15 is 0 Å². The Bertz CT molecular complexity index is 663. The number of hydrazone groups is 1. The molecule has 1 saturated heterocycles. The summed E-state index contributed by atoms with van der Waals surface area (Å²) in [5.74, 6) is 0.853. The Hall–Kier alpha value is -1.27. The first kappa shape index (κ1) is 17.5. The summed E-state index contributed by atoms with van der Waals surface area (Å²) < 4.78 is 8.17. The third-order valence-electron chi connectivity index (χ3n) is 4.36. The van der Waals surface area contributed by atoms with E-state index in [0.717, 1.165) is 36.2 Å². The zero-order chi connectivity index (χ0) is 17.3. The summed E-state index contributed by atoms with van der Waals surface area (Å²) in [4.78, 5) is 4.65. The molecule has 0 aromatic carbocycles. The smallest absolute Gasteiger partial charge is 0.178 e. The Morgan fingerprint density at radius 1 is 1.42 bits per heavy atom. The van der Waals surface area contributed by atoms with Gasteiger partial charge in [-0.3, -0.25) is 10.4 Å². The predicted molar refractivity (Wildman–Crippen MR) is 102 cm³/mol. The quantitative estimate of drug-likeness (QED) is 0.910. The van der Waals surface area contributed by atoms with Crippen LogP contribution in [0.5, 0.6) is 0 Å². The maximum atomic E-state index is 5.80. The summed E-state index contributed by atoms with van der Waals surface area (Å²) in [6, 6.07) is 2.25. The maximum Gasteiger partial charge on any atom is 0.178 e. The van der Waals surface area contributed by atoms with Crippen molar-refractivity contribution < 1.29 is 4.74 Å². The van der Waals surface area contributed by atoms with Crippen molar-refractivity contribution in [1.29, 1.82) is 0 Å². The van der Waals surface area contributed by atoms with Gasteiger partial charge in [0.05, 0.1) is 17.4 Å². The lowest BCUT2D eigenvalue weighted by molar-refractivity contribution is 0.0962. The van der Waals surface area contributed by atoms with Crippen molar-refractivity contribution in [2.24, 2.45) is 10.1 Å². The Balaban J connectivity index is 1.77. The molecule has 5 nitrogen and oxygen atoms in total. The number of nitrogens with zero attached hydrogens (tertiary/aromatic N) is 3. The molecule has 0 radical (unpaired) electrons. The first-order chi connectivity index (χ1) is 11.3. The lowest BCUT2D eigenvalue weighted by atomic mass is 10.1. The zero-order valence-corrected chi connectivity index (χ0v) is 16.2. The molecule has 6 heteroatoms. The molecule has 1 fully saturated rings. The summed E-state index contributed by atoms with van der Waals surface area (Å²) in [5.41, 5.74) is 7.93. The first-order valence-electron chi connectivity index (χ1n) is 8.67. The van der Waals surface area contributed by atoms with Gasteiger partial charge in [-0.05, 0) is 53.5 Å². The van der Waals surface area contributed by atoms with Crippen LogP contribution in [0.25, 0.3) is 0 Å². The molecule has 1 atom stereocenters. The third kappa shape index (κ3) is 4.03. The highest BCUT2D eigenvalue weighted by atomic mass is 32.2. The van der Waals surface area contributed by atoms with Gasteiger partial charge in [0.25, 0.3) is 0 Å². The van der Waals surface area contributed by atoms with E-state index in [4.69, 9.17) is 4.74 Å². The van der Waals surface area contributed by atoms with E-state index in [9.17, 15) is 0 Å². The van der Waals surface area contributed by atoms with Gasteiger partial charge >= 0.3 is 0 Å². The summed E-state index contributed by atoms with van der Waals surface area (Å²) in [7, 11) is 0. The summed E-state index contributed by atoms with van der Waals surface area (Å²) in [6.45, 7) is 12.5. The predicted octanol–water partition coefficient (Wildman–Crippen LogP) is 3.48. The van der Waals surface area contributed by atoms with Crippen LogP contribution in [0.2, 0.25) is 0 Å². The molecule has 3 rings (SSSR count). The number of rotatable bonds is 3. The van der Waals surface area contributed by atoms with E-state index in [1.165, 1.54) is 23.4 Å². The molecule has 3 heterocycles. The second kappa shape index (κ2) is 6.92. The fourth-order valence-corrected chi connectivity index (χ4v) is 4.12. The van der Waals surface area contributed by atoms with Crippen LogP contribution < -0.4 is 5.43 Å². The molecule has 1 N–H and O–H groups in total. The zero-order valence-electron chi connectivity index (χ0n) is 15.3. The molecule has 0 saturated carbocycles. The minimum Gasteiger partial charge on any atom is -0.376 e. The Kier molecular flexibility index (Phi) is 5.06. The molecule has 1 aromatic rings. The van der Waals surface area contributed by atoms with E-state index in [1.807, 2.05) is 0 Å². The van der Waals surface area contributed by atoms with Gasteiger partial charge in [0.15, 0.2) is 5.17 Å². The van der Waals surface area contributed by atoms with Crippen LogP contribution in [0, 0.1) is 13.8 Å². The number of ether oxygens (including phenoxy) is 1. The van der Waals surface area contributed by atoms with Crippen LogP contribution in [-0.2, 0) is 11.3 Å². The Labute approximate surface area is 148 Å². The van der Waals surface area contributed by atoms with Gasteiger partial charge in [-0.15, -0.1) is 0 Å². The summed E-state index contributed by atoms with van der Waals surface area (Å²) in [5, 5.41) is 5.49. The van der Waals surface area contributed by atoms with E-state index < -0.39 is 0 Å². The van der Waals surface area contributed by atoms with Crippen LogP contribution >= 0.6 is 11.8 Å². The van der Waals surface area contributed by atoms with Crippen molar-refractivity contribution in [2.45, 2.75) is 65.6 Å². The molecule has 24 heavy (non-hydrogen) atoms. The van der Waals surface area contributed by atoms with Crippen molar-refractivity contribution in [3.05, 3.63) is 23.0 Å². The lowest BCUT2D eigenvalue weighted by Crippen LogP contribution is -2.28. The highest BCUT2D eigenvalue weighted by Gasteiger charge is 2.22. The van der Waals surface area contributed by atoms with E-state index in [0.29, 0.717) is 6.10 Å². The Morgan fingerprint density at radius 2 is 2.21 bits per heavy atom. The standard InChI is InChI=1S/C18H28N4OS/c1-12-9-15(13(2)22(12)10-14-7-6-8-23-14)16-11-24-17(21-20-16)19-18(3,4)5/h9,14H,6-8,10-11H2,1-5H3,(H,19,21). The van der Waals surface area contributed by atoms with E-state index in [1.54, 1.807) is 11.8 Å². The number of amidine groups is 1. The van der Waals surface area contributed by atoms with Crippen LogP contribution in [-0.4, -0.2) is 39.4 Å². The normalized spacial score (nSPS) is 23.5. The highest BCUT2D eigenvalue weighted by molar-refractivity contribution is 8.14. The molecule has 1 unspecified atom stereocenters. The van der Waals surface area contributed by atoms with Gasteiger partial charge < -0.3 is 9.30 Å². The molecular formula is C18H28N4OS. The lowest BCUT2D eigenvalue weighted by Gasteiger charge is -2.19. The molecule has 0 aliphatic carbocycles. The maximum absolute atomic E-state index is 5.80. The van der Waals surface area contributed by atoms with E-state index in [2.05, 4.69) is 60.8 Å². The summed E-state index contributed by atoms with van der Waals surface area (Å²) in [6.07, 6.45) is 2.70. The second-order valence-corrected chi connectivity index (χ2v) is 8.54. The van der Waals surface area contributed by atoms with Gasteiger partial charge in [-0.25, -0.2) is 0 Å². The molecular weight excluding hydrogens is 320 g/mol.